The molecule has 0 radical (unpaired) electrons. The van der Waals surface area contributed by atoms with Crippen LogP contribution in [0.25, 0.3) is 0 Å². The Morgan fingerprint density at radius 2 is 1.83 bits per heavy atom. The van der Waals surface area contributed by atoms with Gasteiger partial charge in [0.2, 0.25) is 0 Å². The Kier molecular flexibility index (Phi) is 4.91. The van der Waals surface area contributed by atoms with Gasteiger partial charge in [-0.05, 0) is 43.2 Å². The van der Waals surface area contributed by atoms with Gasteiger partial charge in [-0.25, -0.2) is 9.97 Å². The second kappa shape index (κ2) is 7.27. The van der Waals surface area contributed by atoms with Crippen molar-refractivity contribution in [3.8, 4) is 0 Å². The van der Waals surface area contributed by atoms with E-state index in [4.69, 9.17) is 11.6 Å². The lowest BCUT2D eigenvalue weighted by Crippen LogP contribution is -2.04. The molecule has 0 unspecified atom stereocenters. The highest BCUT2D eigenvalue weighted by Gasteiger charge is 2.07. The van der Waals surface area contributed by atoms with E-state index in [9.17, 15) is 0 Å². The van der Waals surface area contributed by atoms with Gasteiger partial charge in [-0.15, -0.1) is 0 Å². The number of pyridine rings is 1. The maximum Gasteiger partial charge on any atom is 0.135 e. The van der Waals surface area contributed by atoms with Crippen LogP contribution in [0.2, 0.25) is 5.02 Å². The molecule has 2 aromatic heterocycles. The van der Waals surface area contributed by atoms with Crippen LogP contribution in [0.4, 0.5) is 17.3 Å². The van der Waals surface area contributed by atoms with Gasteiger partial charge in [0.15, 0.2) is 0 Å². The summed E-state index contributed by atoms with van der Waals surface area (Å²) in [6.45, 7) is 4.64. The van der Waals surface area contributed by atoms with Crippen LogP contribution in [0.3, 0.4) is 0 Å². The first-order valence-electron chi connectivity index (χ1n) is 7.61. The lowest BCUT2D eigenvalue weighted by Gasteiger charge is -2.13. The minimum absolute atomic E-state index is 0.599. The Bertz CT molecular complexity index is 813. The highest BCUT2D eigenvalue weighted by atomic mass is 35.5. The molecule has 122 valence electrons. The Balaban J connectivity index is 1.74. The summed E-state index contributed by atoms with van der Waals surface area (Å²) < 4.78 is 0. The number of aryl methyl sites for hydroxylation is 2. The maximum atomic E-state index is 6.34. The van der Waals surface area contributed by atoms with Gasteiger partial charge in [-0.3, -0.25) is 4.98 Å². The monoisotopic (exact) mass is 339 g/mol. The number of nitrogens with zero attached hydrogens (tertiary/aromatic N) is 3. The van der Waals surface area contributed by atoms with Crippen molar-refractivity contribution >= 4 is 28.9 Å². The van der Waals surface area contributed by atoms with Gasteiger partial charge < -0.3 is 10.6 Å². The van der Waals surface area contributed by atoms with Crippen LogP contribution in [0.1, 0.15) is 16.8 Å². The summed E-state index contributed by atoms with van der Waals surface area (Å²) >= 11 is 6.34. The summed E-state index contributed by atoms with van der Waals surface area (Å²) in [7, 11) is 0. The SMILES string of the molecule is Cc1cc(C)c(Nc2cc(NCc3ccccn3)ncn2)c(Cl)c1. The summed E-state index contributed by atoms with van der Waals surface area (Å²) in [6, 6.07) is 11.7. The highest BCUT2D eigenvalue weighted by molar-refractivity contribution is 6.33. The second-order valence-corrected chi connectivity index (χ2v) is 5.93. The minimum Gasteiger partial charge on any atom is -0.364 e. The van der Waals surface area contributed by atoms with Crippen molar-refractivity contribution in [2.75, 3.05) is 10.6 Å². The van der Waals surface area contributed by atoms with Gasteiger partial charge in [0, 0.05) is 12.3 Å². The first-order valence-corrected chi connectivity index (χ1v) is 7.99. The Morgan fingerprint density at radius 3 is 2.58 bits per heavy atom. The van der Waals surface area contributed by atoms with Gasteiger partial charge in [0.1, 0.15) is 18.0 Å². The molecule has 3 rings (SSSR count). The first-order chi connectivity index (χ1) is 11.6. The van der Waals surface area contributed by atoms with Crippen molar-refractivity contribution in [2.24, 2.45) is 0 Å². The van der Waals surface area contributed by atoms with Crippen molar-refractivity contribution in [2.45, 2.75) is 20.4 Å². The third-order valence-electron chi connectivity index (χ3n) is 3.53. The molecule has 6 heteroatoms. The van der Waals surface area contributed by atoms with Gasteiger partial charge in [-0.2, -0.15) is 0 Å². The molecule has 0 bridgehead atoms. The number of nitrogens with one attached hydrogen (secondary N) is 2. The van der Waals surface area contributed by atoms with Gasteiger partial charge in [0.25, 0.3) is 0 Å². The molecule has 24 heavy (non-hydrogen) atoms. The van der Waals surface area contributed by atoms with Crippen LogP contribution in [0.5, 0.6) is 0 Å². The molecule has 3 aromatic rings. The summed E-state index contributed by atoms with van der Waals surface area (Å²) in [4.78, 5) is 12.8. The first kappa shape index (κ1) is 16.2. The van der Waals surface area contributed by atoms with E-state index in [0.717, 1.165) is 28.3 Å². The zero-order chi connectivity index (χ0) is 16.9. The smallest absolute Gasteiger partial charge is 0.135 e. The number of anilines is 3. The van der Waals surface area contributed by atoms with Gasteiger partial charge >= 0.3 is 0 Å². The molecule has 2 heterocycles. The third-order valence-corrected chi connectivity index (χ3v) is 3.83. The van der Waals surface area contributed by atoms with Crippen LogP contribution < -0.4 is 10.6 Å². The topological polar surface area (TPSA) is 62.7 Å². The Morgan fingerprint density at radius 1 is 1.00 bits per heavy atom. The molecule has 0 saturated carbocycles. The highest BCUT2D eigenvalue weighted by Crippen LogP contribution is 2.29. The quantitative estimate of drug-likeness (QED) is 0.716. The molecule has 0 aliphatic heterocycles. The van der Waals surface area contributed by atoms with Crippen molar-refractivity contribution in [3.05, 3.63) is 70.8 Å². The molecular weight excluding hydrogens is 322 g/mol. The van der Waals surface area contributed by atoms with Crippen LogP contribution in [0, 0.1) is 13.8 Å². The van der Waals surface area contributed by atoms with E-state index in [1.54, 1.807) is 6.20 Å². The fourth-order valence-electron chi connectivity index (χ4n) is 2.41. The molecule has 1 aromatic carbocycles. The van der Waals surface area contributed by atoms with Crippen molar-refractivity contribution in [1.29, 1.82) is 0 Å². The fourth-order valence-corrected chi connectivity index (χ4v) is 2.78. The number of hydrogen-bond acceptors (Lipinski definition) is 5. The zero-order valence-corrected chi connectivity index (χ0v) is 14.3. The van der Waals surface area contributed by atoms with Crippen LogP contribution in [-0.2, 0) is 6.54 Å². The fraction of sp³-hybridized carbons (Fsp3) is 0.167. The second-order valence-electron chi connectivity index (χ2n) is 5.53. The average Bonchev–Trinajstić information content (AvgIpc) is 2.58. The third kappa shape index (κ3) is 4.00. The largest absolute Gasteiger partial charge is 0.364 e. The number of halogens is 1. The Hall–Kier alpha value is -2.66. The predicted molar refractivity (Wildman–Crippen MR) is 97.8 cm³/mol. The van der Waals surface area contributed by atoms with Crippen molar-refractivity contribution in [3.63, 3.8) is 0 Å². The van der Waals surface area contributed by atoms with E-state index in [-0.39, 0.29) is 0 Å². The zero-order valence-electron chi connectivity index (χ0n) is 13.5. The van der Waals surface area contributed by atoms with E-state index >= 15 is 0 Å². The van der Waals surface area contributed by atoms with Crippen molar-refractivity contribution in [1.82, 2.24) is 15.0 Å². The standard InChI is InChI=1S/C18H18ClN5/c1-12-7-13(2)18(15(19)8-12)24-17-9-16(22-11-23-17)21-10-14-5-3-4-6-20-14/h3-9,11H,10H2,1-2H3,(H2,21,22,23,24). The van der Waals surface area contributed by atoms with E-state index < -0.39 is 0 Å². The summed E-state index contributed by atoms with van der Waals surface area (Å²) in [6.07, 6.45) is 3.28. The van der Waals surface area contributed by atoms with Crippen LogP contribution in [0.15, 0.2) is 48.9 Å². The number of benzene rings is 1. The minimum atomic E-state index is 0.599. The predicted octanol–water partition coefficient (Wildman–Crippen LogP) is 4.50. The normalized spacial score (nSPS) is 10.5. The van der Waals surface area contributed by atoms with Crippen LogP contribution >= 0.6 is 11.6 Å². The molecule has 0 saturated heterocycles. The summed E-state index contributed by atoms with van der Waals surface area (Å²) in [5.74, 6) is 1.40. The maximum absolute atomic E-state index is 6.34. The molecule has 2 N–H and O–H groups in total. The molecule has 0 fully saturated rings. The summed E-state index contributed by atoms with van der Waals surface area (Å²) in [5, 5.41) is 7.18. The summed E-state index contributed by atoms with van der Waals surface area (Å²) in [5.41, 5.74) is 4.00. The van der Waals surface area contributed by atoms with E-state index in [1.807, 2.05) is 44.2 Å². The lowest BCUT2D eigenvalue weighted by atomic mass is 10.1. The molecule has 0 atom stereocenters. The average molecular weight is 340 g/mol. The van der Waals surface area contributed by atoms with Crippen molar-refractivity contribution < 1.29 is 0 Å². The molecule has 5 nitrogen and oxygen atoms in total. The molecule has 0 amide bonds. The van der Waals surface area contributed by atoms with E-state index in [0.29, 0.717) is 17.4 Å². The lowest BCUT2D eigenvalue weighted by molar-refractivity contribution is 1.02. The van der Waals surface area contributed by atoms with Gasteiger partial charge in [-0.1, -0.05) is 23.7 Å². The Labute approximate surface area is 146 Å². The molecule has 0 spiro atoms. The van der Waals surface area contributed by atoms with E-state index in [1.165, 1.54) is 6.33 Å². The molecule has 0 aliphatic carbocycles. The van der Waals surface area contributed by atoms with Gasteiger partial charge in [0.05, 0.1) is 22.9 Å². The number of rotatable bonds is 5. The molecular formula is C18H18ClN5. The number of hydrogen-bond donors (Lipinski definition) is 2. The molecule has 0 aliphatic rings. The van der Waals surface area contributed by atoms with Crippen LogP contribution in [-0.4, -0.2) is 15.0 Å². The number of aromatic nitrogens is 3. The van der Waals surface area contributed by atoms with E-state index in [2.05, 4.69) is 31.7 Å².